The van der Waals surface area contributed by atoms with Crippen LogP contribution < -0.4 is 10.1 Å². The van der Waals surface area contributed by atoms with Gasteiger partial charge in [-0.15, -0.1) is 0 Å². The van der Waals surface area contributed by atoms with Crippen molar-refractivity contribution in [2.75, 3.05) is 0 Å². The van der Waals surface area contributed by atoms with Crippen LogP contribution in [0.3, 0.4) is 0 Å². The summed E-state index contributed by atoms with van der Waals surface area (Å²) >= 11 is 0. The Morgan fingerprint density at radius 3 is 2.33 bits per heavy atom. The van der Waals surface area contributed by atoms with Gasteiger partial charge < -0.3 is 19.3 Å². The highest BCUT2D eigenvalue weighted by molar-refractivity contribution is 6.55. The number of benzene rings is 2. The van der Waals surface area contributed by atoms with Crippen LogP contribution in [-0.2, 0) is 34.0 Å². The Morgan fingerprint density at radius 1 is 0.975 bits per heavy atom. The lowest BCUT2D eigenvalue weighted by molar-refractivity contribution is -0.136. The summed E-state index contributed by atoms with van der Waals surface area (Å²) < 4.78 is 12.7. The minimum atomic E-state index is -0.645. The molecule has 3 aliphatic heterocycles. The van der Waals surface area contributed by atoms with Gasteiger partial charge in [-0.1, -0.05) is 30.3 Å². The Morgan fingerprint density at radius 2 is 1.65 bits per heavy atom. The van der Waals surface area contributed by atoms with Crippen molar-refractivity contribution in [3.63, 3.8) is 0 Å². The molecule has 2 unspecified atom stereocenters. The van der Waals surface area contributed by atoms with Crippen LogP contribution in [0.5, 0.6) is 5.75 Å². The Hall–Kier alpha value is -2.78. The van der Waals surface area contributed by atoms with Crippen molar-refractivity contribution in [2.24, 2.45) is 0 Å². The highest BCUT2D eigenvalue weighted by atomic mass is 16.5. The zero-order chi connectivity index (χ0) is 29.0. The van der Waals surface area contributed by atoms with E-state index in [2.05, 4.69) is 89.4 Å². The molecule has 0 bridgehead atoms. The second-order valence-electron chi connectivity index (χ2n) is 12.9. The number of imide groups is 1. The van der Waals surface area contributed by atoms with E-state index in [4.69, 9.17) is 9.47 Å². The summed E-state index contributed by atoms with van der Waals surface area (Å²) in [5, 5.41) is 1.62. The average Bonchev–Trinajstić information content (AvgIpc) is 3.21. The molecular weight excluding hydrogens is 498 g/mol. The van der Waals surface area contributed by atoms with E-state index in [1.54, 1.807) is 17.0 Å². The number of amides is 3. The molecule has 5 rings (SSSR count). The molecule has 40 heavy (non-hydrogen) atoms. The number of nitrogens with zero attached hydrogens (tertiary/aromatic N) is 2. The van der Waals surface area contributed by atoms with E-state index in [0.29, 0.717) is 24.3 Å². The van der Waals surface area contributed by atoms with Crippen molar-refractivity contribution in [1.82, 2.24) is 15.1 Å². The molecule has 2 aromatic carbocycles. The molecule has 0 aromatic heterocycles. The molecule has 2 atom stereocenters. The lowest BCUT2D eigenvalue weighted by Crippen LogP contribution is -2.80. The second-order valence-corrected chi connectivity index (χ2v) is 12.9. The topological polar surface area (TPSA) is 88.2 Å². The summed E-state index contributed by atoms with van der Waals surface area (Å²) in [5.41, 5.74) is 3.58. The van der Waals surface area contributed by atoms with Gasteiger partial charge in [-0.2, -0.15) is 0 Å². The van der Waals surface area contributed by atoms with Crippen LogP contribution in [0.2, 0.25) is 0 Å². The van der Waals surface area contributed by atoms with E-state index in [9.17, 15) is 14.4 Å². The fraction of sp³-hybridized carbons (Fsp3) is 0.400. The third-order valence-corrected chi connectivity index (χ3v) is 9.49. The van der Waals surface area contributed by atoms with Gasteiger partial charge in [0.05, 0.1) is 6.54 Å². The fourth-order valence-electron chi connectivity index (χ4n) is 6.20. The van der Waals surface area contributed by atoms with Crippen molar-refractivity contribution in [3.8, 4) is 5.75 Å². The molecule has 200 valence electrons. The monoisotopic (exact) mass is 533 g/mol. The first-order valence-electron chi connectivity index (χ1n) is 14.2. The largest absolute Gasteiger partial charge is 0.489 e. The molecule has 0 aliphatic carbocycles. The predicted octanol–water partition coefficient (Wildman–Crippen LogP) is -5.42. The summed E-state index contributed by atoms with van der Waals surface area (Å²) in [6.45, 7) is 1.47. The average molecular weight is 532 g/mol. The molecule has 3 heterocycles. The van der Waals surface area contributed by atoms with Crippen molar-refractivity contribution in [1.29, 1.82) is 0 Å². The number of morpholine rings is 1. The Labute approximate surface area is 242 Å². The molecule has 2 saturated heterocycles. The molecule has 15 heteroatoms. The van der Waals surface area contributed by atoms with Gasteiger partial charge in [-0.05, 0) is 41.0 Å². The van der Waals surface area contributed by atoms with Crippen LogP contribution >= 0.6 is 0 Å². The Balaban J connectivity index is 1.26. The van der Waals surface area contributed by atoms with E-state index in [1.165, 1.54) is 5.56 Å². The van der Waals surface area contributed by atoms with Crippen LogP contribution in [0.4, 0.5) is 0 Å². The Bertz CT molecular complexity index is 1350. The van der Waals surface area contributed by atoms with Gasteiger partial charge in [0.25, 0.3) is 5.91 Å². The summed E-state index contributed by atoms with van der Waals surface area (Å²) in [6.07, 6.45) is 0.565. The van der Waals surface area contributed by atoms with Gasteiger partial charge in [-0.25, -0.2) is 0 Å². The van der Waals surface area contributed by atoms with Gasteiger partial charge in [-0.3, -0.25) is 19.7 Å². The van der Waals surface area contributed by atoms with E-state index >= 15 is 0 Å². The van der Waals surface area contributed by atoms with Crippen LogP contribution in [0, 0.1) is 0 Å². The number of carbonyl (C=O) groups is 3. The maximum Gasteiger partial charge on any atom is 0.255 e. The number of hydrogen-bond donors (Lipinski definition) is 1. The maximum atomic E-state index is 13.1. The predicted molar refractivity (Wildman–Crippen MR) is 172 cm³/mol. The van der Waals surface area contributed by atoms with Crippen LogP contribution in [0.1, 0.15) is 39.9 Å². The van der Waals surface area contributed by atoms with Crippen molar-refractivity contribution in [2.45, 2.75) is 60.7 Å². The smallest absolute Gasteiger partial charge is 0.255 e. The molecule has 3 amide bonds. The molecule has 0 radical (unpaired) electrons. The van der Waals surface area contributed by atoms with Gasteiger partial charge in [0.2, 0.25) is 11.8 Å². The quantitative estimate of drug-likeness (QED) is 0.296. The van der Waals surface area contributed by atoms with E-state index in [0.717, 1.165) is 17.7 Å². The normalized spacial score (nSPS) is 25.3. The second kappa shape index (κ2) is 10.2. The standard InChI is InChI=1S/C25H34B7N3O5/c26-22-23(27,28)40-25(31,32)24(29,30)35(22)10-13-4-6-14(7-5-13)12-39-18-3-1-2-15-16(18)11-34(21(15)38)17-8-9-19(36)33-20(17)37/h1-7,17,22H,8-12,26-32H2,(H,33,36,37). The van der Waals surface area contributed by atoms with Crippen molar-refractivity contribution >= 4 is 72.6 Å². The zero-order valence-electron chi connectivity index (χ0n) is 24.7. The maximum absolute atomic E-state index is 13.1. The van der Waals surface area contributed by atoms with Crippen molar-refractivity contribution in [3.05, 3.63) is 64.7 Å². The lowest BCUT2D eigenvalue weighted by Gasteiger charge is -2.63. The summed E-state index contributed by atoms with van der Waals surface area (Å²) in [4.78, 5) is 41.1. The summed E-state index contributed by atoms with van der Waals surface area (Å²) in [6, 6.07) is 13.3. The van der Waals surface area contributed by atoms with Crippen LogP contribution in [0.25, 0.3) is 0 Å². The number of piperidine rings is 1. The first-order chi connectivity index (χ1) is 18.7. The van der Waals surface area contributed by atoms with Gasteiger partial charge >= 0.3 is 0 Å². The van der Waals surface area contributed by atoms with Crippen LogP contribution in [-0.4, -0.2) is 111 Å². The van der Waals surface area contributed by atoms with Gasteiger partial charge in [0.15, 0.2) is 0 Å². The minimum absolute atomic E-state index is 0.156. The van der Waals surface area contributed by atoms with Gasteiger partial charge in [0, 0.05) is 34.9 Å². The van der Waals surface area contributed by atoms with E-state index < -0.39 is 11.9 Å². The first kappa shape index (κ1) is 28.7. The van der Waals surface area contributed by atoms with E-state index in [1.807, 2.05) is 6.07 Å². The number of carbonyl (C=O) groups excluding carboxylic acids is 3. The number of rotatable bonds is 6. The molecule has 2 fully saturated rings. The summed E-state index contributed by atoms with van der Waals surface area (Å²) in [5.74, 6) is -0.0385. The number of ether oxygens (including phenoxy) is 2. The number of fused-ring (bicyclic) bond motifs is 1. The van der Waals surface area contributed by atoms with Crippen LogP contribution in [0.15, 0.2) is 42.5 Å². The highest BCUT2D eigenvalue weighted by Gasteiger charge is 2.53. The molecular formula is C25H34B7N3O5. The molecule has 8 nitrogen and oxygen atoms in total. The zero-order valence-corrected chi connectivity index (χ0v) is 24.7. The first-order valence-corrected chi connectivity index (χ1v) is 14.2. The molecule has 1 N–H and O–H groups in total. The molecule has 3 aliphatic rings. The SMILES string of the molecule is BC1N(Cc2ccc(COc3cccc4c3CN(C3CCC(=O)NC3=O)C4=O)cc2)C(B)(B)C(B)(B)OC1(B)B. The third-order valence-electron chi connectivity index (χ3n) is 9.49. The summed E-state index contributed by atoms with van der Waals surface area (Å²) in [7, 11) is 15.4. The molecule has 0 saturated carbocycles. The fourth-order valence-corrected chi connectivity index (χ4v) is 6.20. The lowest BCUT2D eigenvalue weighted by atomic mass is 9.35. The molecule has 0 spiro atoms. The Kier molecular flexibility index (Phi) is 7.36. The number of hydrogen-bond acceptors (Lipinski definition) is 6. The third kappa shape index (κ3) is 5.07. The number of nitrogens with one attached hydrogen (secondary N) is 1. The minimum Gasteiger partial charge on any atom is -0.489 e. The van der Waals surface area contributed by atoms with Crippen molar-refractivity contribution < 1.29 is 23.9 Å². The molecule has 2 aromatic rings. The highest BCUT2D eigenvalue weighted by Crippen LogP contribution is 2.37. The van der Waals surface area contributed by atoms with Gasteiger partial charge in [0.1, 0.15) is 73.3 Å². The van der Waals surface area contributed by atoms with E-state index in [-0.39, 0.29) is 46.9 Å².